The Bertz CT molecular complexity index is 1970. The van der Waals surface area contributed by atoms with E-state index < -0.39 is 17.4 Å². The van der Waals surface area contributed by atoms with Crippen molar-refractivity contribution in [2.24, 2.45) is 17.8 Å². The monoisotopic (exact) mass is 526 g/mol. The van der Waals surface area contributed by atoms with Crippen molar-refractivity contribution in [1.82, 2.24) is 14.9 Å². The van der Waals surface area contributed by atoms with Gasteiger partial charge in [0.1, 0.15) is 11.4 Å². The summed E-state index contributed by atoms with van der Waals surface area (Å²) in [6, 6.07) is 28.1. The largest absolute Gasteiger partial charge is 0.296 e. The summed E-state index contributed by atoms with van der Waals surface area (Å²) < 4.78 is 1.64. The summed E-state index contributed by atoms with van der Waals surface area (Å²) in [7, 11) is 0. The Kier molecular flexibility index (Phi) is 4.63. The summed E-state index contributed by atoms with van der Waals surface area (Å²) in [6.07, 6.45) is 0. The van der Waals surface area contributed by atoms with Crippen LogP contribution in [0.1, 0.15) is 25.2 Å². The predicted octanol–water partition coefficient (Wildman–Crippen LogP) is 4.53. The number of hydrogen-bond acceptors (Lipinski definition) is 5. The van der Waals surface area contributed by atoms with Crippen molar-refractivity contribution < 1.29 is 9.59 Å². The lowest BCUT2D eigenvalue weighted by Gasteiger charge is -2.32. The van der Waals surface area contributed by atoms with Gasteiger partial charge in [0.05, 0.1) is 34.1 Å². The van der Waals surface area contributed by atoms with Crippen LogP contribution in [0.2, 0.25) is 0 Å². The average molecular weight is 527 g/mol. The van der Waals surface area contributed by atoms with Gasteiger partial charge in [-0.05, 0) is 35.6 Å². The zero-order chi connectivity index (χ0) is 27.3. The molecule has 4 atom stereocenters. The molecule has 2 saturated heterocycles. The third-order valence-corrected chi connectivity index (χ3v) is 9.02. The summed E-state index contributed by atoms with van der Waals surface area (Å²) >= 11 is 0. The number of amides is 2. The normalized spacial score (nSPS) is 24.9. The van der Waals surface area contributed by atoms with E-state index in [1.54, 1.807) is 10.6 Å². The first-order chi connectivity index (χ1) is 19.4. The molecule has 8 rings (SSSR count). The minimum Gasteiger partial charge on any atom is -0.296 e. The number of fused-ring (bicyclic) bond motifs is 9. The standard InChI is InChI=1S/C33H26N4O3/c1-18(2)28-26-27(31(40)36(30(26)39)24-17-9-11-19-10-3-4-12-20(19)24)33(35-28)22-14-6-8-16-25(22)37-29(38)21-13-5-7-15-23(21)34-32(33)37/h3-18,26-28,35H,1-2H3/t26-,27+,28+,33-/m1/s1. The van der Waals surface area contributed by atoms with Gasteiger partial charge in [0, 0.05) is 17.0 Å². The van der Waals surface area contributed by atoms with Crippen molar-refractivity contribution in [2.45, 2.75) is 25.4 Å². The van der Waals surface area contributed by atoms with Crippen LogP contribution < -0.4 is 15.8 Å². The van der Waals surface area contributed by atoms with Crippen LogP contribution in [0.5, 0.6) is 0 Å². The van der Waals surface area contributed by atoms with Crippen LogP contribution in [-0.4, -0.2) is 27.4 Å². The van der Waals surface area contributed by atoms with Crippen molar-refractivity contribution in [3.8, 4) is 5.69 Å². The molecule has 7 heteroatoms. The highest BCUT2D eigenvalue weighted by molar-refractivity contribution is 6.26. The lowest BCUT2D eigenvalue weighted by Crippen LogP contribution is -2.51. The van der Waals surface area contributed by atoms with Crippen LogP contribution in [0.3, 0.4) is 0 Å². The molecular weight excluding hydrogens is 500 g/mol. The van der Waals surface area contributed by atoms with E-state index in [0.717, 1.165) is 16.3 Å². The first-order valence-corrected chi connectivity index (χ1v) is 13.7. The van der Waals surface area contributed by atoms with E-state index in [0.29, 0.717) is 28.1 Å². The number of carbonyl (C=O) groups is 2. The van der Waals surface area contributed by atoms with Gasteiger partial charge >= 0.3 is 0 Å². The van der Waals surface area contributed by atoms with E-state index in [-0.39, 0.29) is 29.3 Å². The molecule has 2 amide bonds. The first kappa shape index (κ1) is 23.3. The molecule has 0 radical (unpaired) electrons. The average Bonchev–Trinajstić information content (AvgIpc) is 3.56. The number of hydrogen-bond donors (Lipinski definition) is 1. The van der Waals surface area contributed by atoms with Crippen LogP contribution in [-0.2, 0) is 15.1 Å². The Balaban J connectivity index is 1.43. The second kappa shape index (κ2) is 7.96. The molecule has 5 aromatic rings. The van der Waals surface area contributed by atoms with Gasteiger partial charge in [0.2, 0.25) is 11.8 Å². The smallest absolute Gasteiger partial charge is 0.266 e. The van der Waals surface area contributed by atoms with Gasteiger partial charge in [-0.1, -0.05) is 80.6 Å². The van der Waals surface area contributed by atoms with Crippen LogP contribution >= 0.6 is 0 Å². The van der Waals surface area contributed by atoms with Gasteiger partial charge < -0.3 is 0 Å². The second-order valence-electron chi connectivity index (χ2n) is 11.3. The molecule has 196 valence electrons. The van der Waals surface area contributed by atoms with Gasteiger partial charge in [0.15, 0.2) is 0 Å². The molecule has 0 saturated carbocycles. The molecule has 1 aromatic heterocycles. The quantitative estimate of drug-likeness (QED) is 0.342. The molecule has 0 unspecified atom stereocenters. The fourth-order valence-corrected chi connectivity index (χ4v) is 7.37. The number of rotatable bonds is 2. The van der Waals surface area contributed by atoms with E-state index in [9.17, 15) is 14.4 Å². The van der Waals surface area contributed by atoms with E-state index >= 15 is 0 Å². The van der Waals surface area contributed by atoms with E-state index in [4.69, 9.17) is 4.98 Å². The SMILES string of the molecule is CC(C)[C@@H]1N[C@]2(c3ccccc3-n3c2nc2ccccc2c3=O)[C@@H]2C(=O)N(c3cccc4ccccc34)C(=O)[C@H]21. The van der Waals surface area contributed by atoms with Gasteiger partial charge in [-0.2, -0.15) is 0 Å². The number of imide groups is 1. The number of para-hydroxylation sites is 2. The molecular formula is C33H26N4O3. The van der Waals surface area contributed by atoms with Crippen molar-refractivity contribution in [3.63, 3.8) is 0 Å². The van der Waals surface area contributed by atoms with E-state index in [1.165, 1.54) is 4.90 Å². The second-order valence-corrected chi connectivity index (χ2v) is 11.3. The molecule has 4 aromatic carbocycles. The van der Waals surface area contributed by atoms with Gasteiger partial charge in [0.25, 0.3) is 5.56 Å². The molecule has 0 aliphatic carbocycles. The summed E-state index contributed by atoms with van der Waals surface area (Å²) in [5.41, 5.74) is 1.34. The van der Waals surface area contributed by atoms with Crippen molar-refractivity contribution >= 4 is 39.2 Å². The Labute approximate surface area is 230 Å². The molecule has 2 fully saturated rings. The first-order valence-electron chi connectivity index (χ1n) is 13.7. The number of nitrogens with zero attached hydrogens (tertiary/aromatic N) is 3. The van der Waals surface area contributed by atoms with Crippen LogP contribution in [0.25, 0.3) is 27.4 Å². The van der Waals surface area contributed by atoms with E-state index in [1.807, 2.05) is 84.9 Å². The van der Waals surface area contributed by atoms with Gasteiger partial charge in [-0.25, -0.2) is 9.88 Å². The summed E-state index contributed by atoms with van der Waals surface area (Å²) in [5.74, 6) is -1.36. The minimum absolute atomic E-state index is 0.0458. The molecule has 0 bridgehead atoms. The van der Waals surface area contributed by atoms with Crippen LogP contribution in [0, 0.1) is 17.8 Å². The highest BCUT2D eigenvalue weighted by Gasteiger charge is 2.70. The van der Waals surface area contributed by atoms with Gasteiger partial charge in [-0.15, -0.1) is 0 Å². The molecule has 3 aliphatic rings. The highest BCUT2D eigenvalue weighted by atomic mass is 16.2. The molecule has 4 heterocycles. The lowest BCUT2D eigenvalue weighted by molar-refractivity contribution is -0.123. The molecule has 1 N–H and O–H groups in total. The lowest BCUT2D eigenvalue weighted by atomic mass is 9.75. The number of aromatic nitrogens is 2. The highest BCUT2D eigenvalue weighted by Crippen LogP contribution is 2.56. The summed E-state index contributed by atoms with van der Waals surface area (Å²) in [4.78, 5) is 49.4. The maximum Gasteiger partial charge on any atom is 0.266 e. The third-order valence-electron chi connectivity index (χ3n) is 9.02. The number of nitrogens with one attached hydrogen (secondary N) is 1. The van der Waals surface area contributed by atoms with Crippen LogP contribution in [0.15, 0.2) is 95.8 Å². The van der Waals surface area contributed by atoms with Crippen molar-refractivity contribution in [2.75, 3.05) is 4.90 Å². The summed E-state index contributed by atoms with van der Waals surface area (Å²) in [6.45, 7) is 4.13. The van der Waals surface area contributed by atoms with Crippen LogP contribution in [0.4, 0.5) is 5.69 Å². The maximum absolute atomic E-state index is 14.7. The van der Waals surface area contributed by atoms with Gasteiger partial charge in [-0.3, -0.25) is 24.3 Å². The minimum atomic E-state index is -1.13. The zero-order valence-corrected chi connectivity index (χ0v) is 22.0. The number of anilines is 1. The summed E-state index contributed by atoms with van der Waals surface area (Å²) in [5, 5.41) is 6.07. The number of carbonyl (C=O) groups excluding carboxylic acids is 2. The van der Waals surface area contributed by atoms with E-state index in [2.05, 4.69) is 19.2 Å². The molecule has 1 spiro atoms. The fourth-order valence-electron chi connectivity index (χ4n) is 7.37. The third kappa shape index (κ3) is 2.72. The Morgan fingerprint density at radius 1 is 0.775 bits per heavy atom. The number of benzene rings is 4. The fraction of sp³-hybridized carbons (Fsp3) is 0.212. The Morgan fingerprint density at radius 2 is 1.45 bits per heavy atom. The molecule has 40 heavy (non-hydrogen) atoms. The molecule has 7 nitrogen and oxygen atoms in total. The topological polar surface area (TPSA) is 84.3 Å². The Hall–Kier alpha value is -4.62. The van der Waals surface area contributed by atoms with Crippen molar-refractivity contribution in [3.05, 3.63) is 113 Å². The Morgan fingerprint density at radius 3 is 2.27 bits per heavy atom. The molecule has 3 aliphatic heterocycles. The predicted molar refractivity (Wildman–Crippen MR) is 153 cm³/mol. The maximum atomic E-state index is 14.7. The van der Waals surface area contributed by atoms with Crippen molar-refractivity contribution in [1.29, 1.82) is 0 Å². The zero-order valence-electron chi connectivity index (χ0n) is 22.0.